The summed E-state index contributed by atoms with van der Waals surface area (Å²) in [5.74, 6) is -0.405. The zero-order valence-corrected chi connectivity index (χ0v) is 13.7. The molecule has 0 fully saturated rings. The van der Waals surface area contributed by atoms with Crippen molar-refractivity contribution in [2.75, 3.05) is 0 Å². The molecule has 22 heavy (non-hydrogen) atoms. The molecule has 0 aliphatic rings. The molecule has 1 aromatic heterocycles. The zero-order valence-electron chi connectivity index (χ0n) is 12.9. The van der Waals surface area contributed by atoms with Crippen LogP contribution in [0.3, 0.4) is 0 Å². The number of unbranched alkanes of at least 4 members (excludes halogenated alkanes) is 5. The molecule has 0 spiro atoms. The highest BCUT2D eigenvalue weighted by Crippen LogP contribution is 2.25. The number of H-pyrrole nitrogens is 1. The molecule has 3 N–H and O–H groups in total. The maximum atomic E-state index is 10.1. The topological polar surface area (TPSA) is 73.3 Å². The number of aromatic hydroxyl groups is 1. The Balaban J connectivity index is 0.000000220. The van der Waals surface area contributed by atoms with Gasteiger partial charge in [0.1, 0.15) is 5.75 Å². The van der Waals surface area contributed by atoms with E-state index in [4.69, 9.17) is 16.7 Å². The number of aromatic nitrogens is 1. The number of fused-ring (bicyclic) bond motifs is 1. The minimum absolute atomic E-state index is 0.261. The fraction of sp³-hybridized carbons (Fsp3) is 0.471. The Bertz CT molecular complexity index is 580. The minimum atomic E-state index is -0.666. The third-order valence-corrected chi connectivity index (χ3v) is 3.60. The van der Waals surface area contributed by atoms with Gasteiger partial charge in [-0.2, -0.15) is 0 Å². The Kier molecular flexibility index (Phi) is 8.44. The van der Waals surface area contributed by atoms with Gasteiger partial charge in [-0.05, 0) is 24.6 Å². The van der Waals surface area contributed by atoms with Gasteiger partial charge < -0.3 is 15.2 Å². The van der Waals surface area contributed by atoms with Crippen LogP contribution < -0.4 is 0 Å². The normalized spacial score (nSPS) is 10.3. The summed E-state index contributed by atoms with van der Waals surface area (Å²) in [6, 6.07) is 5.30. The van der Waals surface area contributed by atoms with Gasteiger partial charge in [0.25, 0.3) is 0 Å². The van der Waals surface area contributed by atoms with E-state index in [2.05, 4.69) is 11.9 Å². The smallest absolute Gasteiger partial charge is 0.303 e. The van der Waals surface area contributed by atoms with Crippen LogP contribution in [0.5, 0.6) is 5.75 Å². The molecule has 2 rings (SSSR count). The van der Waals surface area contributed by atoms with Gasteiger partial charge in [-0.25, -0.2) is 0 Å². The Labute approximate surface area is 136 Å². The van der Waals surface area contributed by atoms with E-state index in [1.807, 2.05) is 0 Å². The number of carboxylic acids is 1. The van der Waals surface area contributed by atoms with Gasteiger partial charge in [0.05, 0.1) is 5.52 Å². The molecule has 1 heterocycles. The van der Waals surface area contributed by atoms with Crippen LogP contribution in [0, 0.1) is 0 Å². The lowest BCUT2D eigenvalue weighted by Crippen LogP contribution is -1.93. The molecule has 5 heteroatoms. The van der Waals surface area contributed by atoms with Crippen LogP contribution in [0.1, 0.15) is 51.9 Å². The van der Waals surface area contributed by atoms with Crippen molar-refractivity contribution in [1.82, 2.24) is 4.98 Å². The van der Waals surface area contributed by atoms with Crippen molar-refractivity contribution in [2.24, 2.45) is 0 Å². The molecule has 0 radical (unpaired) electrons. The molecule has 0 aliphatic carbocycles. The van der Waals surface area contributed by atoms with E-state index in [1.54, 1.807) is 24.4 Å². The highest BCUT2D eigenvalue weighted by atomic mass is 35.5. The predicted octanol–water partition coefficient (Wildman–Crippen LogP) is 5.35. The van der Waals surface area contributed by atoms with E-state index in [-0.39, 0.29) is 5.75 Å². The molecule has 0 saturated carbocycles. The first-order valence-electron chi connectivity index (χ1n) is 7.72. The van der Waals surface area contributed by atoms with Crippen LogP contribution in [0.25, 0.3) is 10.9 Å². The number of nitrogens with one attached hydrogen (secondary N) is 1. The molecule has 1 aromatic carbocycles. The number of carbonyl (C=O) groups is 1. The third-order valence-electron chi connectivity index (χ3n) is 3.37. The van der Waals surface area contributed by atoms with Gasteiger partial charge in [-0.3, -0.25) is 4.79 Å². The number of carboxylic acid groups (broad SMARTS) is 1. The van der Waals surface area contributed by atoms with Gasteiger partial charge in [0.15, 0.2) is 0 Å². The van der Waals surface area contributed by atoms with Crippen molar-refractivity contribution in [1.29, 1.82) is 0 Å². The number of halogens is 1. The van der Waals surface area contributed by atoms with Gasteiger partial charge >= 0.3 is 5.97 Å². The van der Waals surface area contributed by atoms with Crippen LogP contribution in [0.2, 0.25) is 5.02 Å². The fourth-order valence-corrected chi connectivity index (χ4v) is 2.31. The lowest BCUT2D eigenvalue weighted by atomic mass is 10.1. The van der Waals surface area contributed by atoms with Crippen molar-refractivity contribution >= 4 is 28.5 Å². The van der Waals surface area contributed by atoms with Crippen LogP contribution in [0.4, 0.5) is 0 Å². The Morgan fingerprint density at radius 2 is 1.86 bits per heavy atom. The summed E-state index contributed by atoms with van der Waals surface area (Å²) >= 11 is 5.73. The summed E-state index contributed by atoms with van der Waals surface area (Å²) in [4.78, 5) is 13.0. The van der Waals surface area contributed by atoms with E-state index >= 15 is 0 Å². The van der Waals surface area contributed by atoms with Gasteiger partial charge in [-0.1, -0.05) is 50.6 Å². The number of aromatic amines is 1. The van der Waals surface area contributed by atoms with Crippen molar-refractivity contribution in [2.45, 2.75) is 51.9 Å². The Morgan fingerprint density at radius 1 is 1.18 bits per heavy atom. The van der Waals surface area contributed by atoms with Crippen LogP contribution >= 0.6 is 11.6 Å². The summed E-state index contributed by atoms with van der Waals surface area (Å²) in [6.45, 7) is 2.18. The number of benzene rings is 1. The van der Waals surface area contributed by atoms with Crippen molar-refractivity contribution < 1.29 is 15.0 Å². The van der Waals surface area contributed by atoms with E-state index in [0.717, 1.165) is 23.7 Å². The SMILES string of the molecule is CCCCCCCCC(=O)O.Oc1c[nH]c2cc(Cl)ccc12. The van der Waals surface area contributed by atoms with Gasteiger partial charge in [0.2, 0.25) is 0 Å². The molecule has 0 aliphatic heterocycles. The molecule has 0 atom stereocenters. The third kappa shape index (κ3) is 6.85. The van der Waals surface area contributed by atoms with Gasteiger partial charge in [0, 0.05) is 23.0 Å². The lowest BCUT2D eigenvalue weighted by molar-refractivity contribution is -0.137. The molecular weight excluding hydrogens is 302 g/mol. The predicted molar refractivity (Wildman–Crippen MR) is 90.6 cm³/mol. The number of hydrogen-bond acceptors (Lipinski definition) is 2. The fourth-order valence-electron chi connectivity index (χ4n) is 2.14. The summed E-state index contributed by atoms with van der Waals surface area (Å²) in [5.41, 5.74) is 0.856. The summed E-state index contributed by atoms with van der Waals surface area (Å²) in [6.07, 6.45) is 8.79. The molecule has 0 bridgehead atoms. The van der Waals surface area contributed by atoms with Crippen LogP contribution in [0.15, 0.2) is 24.4 Å². The maximum absolute atomic E-state index is 10.1. The Hall–Kier alpha value is -1.68. The second kappa shape index (κ2) is 10.1. The van der Waals surface area contributed by atoms with Gasteiger partial charge in [-0.15, -0.1) is 0 Å². The van der Waals surface area contributed by atoms with E-state index in [1.165, 1.54) is 25.7 Å². The monoisotopic (exact) mass is 325 g/mol. The highest BCUT2D eigenvalue weighted by molar-refractivity contribution is 6.31. The molecule has 122 valence electrons. The average Bonchev–Trinajstić information content (AvgIpc) is 2.84. The Morgan fingerprint density at radius 3 is 2.55 bits per heavy atom. The second-order valence-electron chi connectivity index (χ2n) is 5.28. The van der Waals surface area contributed by atoms with Crippen LogP contribution in [-0.2, 0) is 4.79 Å². The highest BCUT2D eigenvalue weighted by Gasteiger charge is 2.00. The standard InChI is InChI=1S/C9H18O2.C8H6ClNO/c1-2-3-4-5-6-7-8-9(10)11;9-5-1-2-6-7(3-5)10-4-8(6)11/h2-8H2,1H3,(H,10,11);1-4,10-11H. The zero-order chi connectivity index (χ0) is 16.4. The molecule has 0 saturated heterocycles. The second-order valence-corrected chi connectivity index (χ2v) is 5.71. The first-order chi connectivity index (χ1) is 10.5. The summed E-state index contributed by atoms with van der Waals surface area (Å²) < 4.78 is 0. The quantitative estimate of drug-likeness (QED) is 0.601. The largest absolute Gasteiger partial charge is 0.506 e. The van der Waals surface area contributed by atoms with Crippen molar-refractivity contribution in [3.8, 4) is 5.75 Å². The summed E-state index contributed by atoms with van der Waals surface area (Å²) in [5, 5.41) is 19.0. The van der Waals surface area contributed by atoms with Crippen molar-refractivity contribution in [3.05, 3.63) is 29.4 Å². The average molecular weight is 326 g/mol. The van der Waals surface area contributed by atoms with E-state index in [0.29, 0.717) is 11.4 Å². The number of rotatable bonds is 7. The molecule has 2 aromatic rings. The van der Waals surface area contributed by atoms with E-state index < -0.39 is 5.97 Å². The first kappa shape index (κ1) is 18.4. The molecule has 0 unspecified atom stereocenters. The minimum Gasteiger partial charge on any atom is -0.506 e. The van der Waals surface area contributed by atoms with E-state index in [9.17, 15) is 9.90 Å². The molecular formula is C17H24ClNO3. The summed E-state index contributed by atoms with van der Waals surface area (Å²) in [7, 11) is 0. The van der Waals surface area contributed by atoms with Crippen molar-refractivity contribution in [3.63, 3.8) is 0 Å². The maximum Gasteiger partial charge on any atom is 0.303 e. The molecule has 0 amide bonds. The first-order valence-corrected chi connectivity index (χ1v) is 8.09. The number of hydrogen-bond donors (Lipinski definition) is 3. The van der Waals surface area contributed by atoms with Crippen LogP contribution in [-0.4, -0.2) is 21.2 Å². The number of aliphatic carboxylic acids is 1. The lowest BCUT2D eigenvalue weighted by Gasteiger charge is -1.97. The molecule has 4 nitrogen and oxygen atoms in total.